The van der Waals surface area contributed by atoms with Gasteiger partial charge in [-0.1, -0.05) is 30.3 Å². The maximum atomic E-state index is 14.1. The number of aromatic nitrogens is 1. The number of amides is 1. The molecule has 0 N–H and O–H groups in total. The molecule has 0 unspecified atom stereocenters. The standard InChI is InChI=1S/C30H23FN2O6S/c1-38-21-10-13-25-23(15-21)27-26-19(17-32(29(26)34)16-18-6-4-3-5-7-18)14-24(30(35)39-2)28(27)33(25)40(36,37)22-11-8-20(31)9-12-22/h3-15H,16-17H2,1-2H3. The number of benzene rings is 4. The van der Waals surface area contributed by atoms with Crippen molar-refractivity contribution in [3.8, 4) is 5.75 Å². The average Bonchev–Trinajstić information content (AvgIpc) is 3.47. The molecular formula is C30H23FN2O6S. The fourth-order valence-electron chi connectivity index (χ4n) is 5.30. The minimum absolute atomic E-state index is 0.00749. The van der Waals surface area contributed by atoms with Gasteiger partial charge in [-0.05, 0) is 59.7 Å². The average molecular weight is 559 g/mol. The van der Waals surface area contributed by atoms with Crippen LogP contribution in [0.15, 0.2) is 83.8 Å². The first-order valence-corrected chi connectivity index (χ1v) is 13.8. The molecule has 0 saturated carbocycles. The molecule has 1 aromatic heterocycles. The third-order valence-electron chi connectivity index (χ3n) is 7.11. The monoisotopic (exact) mass is 558 g/mol. The summed E-state index contributed by atoms with van der Waals surface area (Å²) in [6.45, 7) is 0.559. The van der Waals surface area contributed by atoms with Crippen molar-refractivity contribution in [2.24, 2.45) is 0 Å². The van der Waals surface area contributed by atoms with Crippen LogP contribution >= 0.6 is 0 Å². The lowest BCUT2D eigenvalue weighted by molar-refractivity contribution is 0.0602. The Labute approximate surface area is 229 Å². The number of hydrogen-bond donors (Lipinski definition) is 0. The largest absolute Gasteiger partial charge is 0.497 e. The lowest BCUT2D eigenvalue weighted by Gasteiger charge is -2.15. The van der Waals surface area contributed by atoms with E-state index in [9.17, 15) is 22.4 Å². The van der Waals surface area contributed by atoms with Gasteiger partial charge in [-0.3, -0.25) is 4.79 Å². The first-order valence-electron chi connectivity index (χ1n) is 12.3. The van der Waals surface area contributed by atoms with Gasteiger partial charge in [-0.15, -0.1) is 0 Å². The van der Waals surface area contributed by atoms with Crippen molar-refractivity contribution < 1.29 is 31.9 Å². The predicted molar refractivity (Wildman–Crippen MR) is 146 cm³/mol. The highest BCUT2D eigenvalue weighted by molar-refractivity contribution is 7.90. The lowest BCUT2D eigenvalue weighted by Crippen LogP contribution is -2.23. The van der Waals surface area contributed by atoms with Crippen LogP contribution in [0.1, 0.15) is 31.8 Å². The summed E-state index contributed by atoms with van der Waals surface area (Å²) in [5.41, 5.74) is 2.04. The van der Waals surface area contributed by atoms with Crippen molar-refractivity contribution in [2.45, 2.75) is 18.0 Å². The normalized spacial score (nSPS) is 13.2. The van der Waals surface area contributed by atoms with Crippen LogP contribution in [-0.2, 0) is 27.8 Å². The summed E-state index contributed by atoms with van der Waals surface area (Å²) in [4.78, 5) is 28.5. The molecule has 8 nitrogen and oxygen atoms in total. The second kappa shape index (κ2) is 9.49. The summed E-state index contributed by atoms with van der Waals surface area (Å²) in [7, 11) is -1.68. The number of carbonyl (C=O) groups excluding carboxylic acids is 2. The summed E-state index contributed by atoms with van der Waals surface area (Å²) < 4.78 is 53.4. The van der Waals surface area contributed by atoms with Gasteiger partial charge in [0.1, 0.15) is 11.6 Å². The topological polar surface area (TPSA) is 94.9 Å². The van der Waals surface area contributed by atoms with E-state index in [0.29, 0.717) is 34.2 Å². The molecule has 0 atom stereocenters. The van der Waals surface area contributed by atoms with Gasteiger partial charge in [0, 0.05) is 23.9 Å². The van der Waals surface area contributed by atoms with Gasteiger partial charge in [0.05, 0.1) is 41.3 Å². The Bertz CT molecular complexity index is 1930. The van der Waals surface area contributed by atoms with Gasteiger partial charge in [0.15, 0.2) is 0 Å². The summed E-state index contributed by atoms with van der Waals surface area (Å²) in [6.07, 6.45) is 0. The van der Waals surface area contributed by atoms with E-state index in [1.807, 2.05) is 30.3 Å². The van der Waals surface area contributed by atoms with E-state index in [1.54, 1.807) is 23.1 Å². The van der Waals surface area contributed by atoms with Gasteiger partial charge in [-0.25, -0.2) is 21.6 Å². The molecule has 10 heteroatoms. The van der Waals surface area contributed by atoms with E-state index in [0.717, 1.165) is 33.8 Å². The number of fused-ring (bicyclic) bond motifs is 5. The Kier molecular flexibility index (Phi) is 6.07. The second-order valence-corrected chi connectivity index (χ2v) is 11.2. The molecule has 1 amide bonds. The molecule has 0 radical (unpaired) electrons. The zero-order chi connectivity index (χ0) is 28.2. The van der Waals surface area contributed by atoms with Crippen molar-refractivity contribution in [1.29, 1.82) is 0 Å². The Morgan fingerprint density at radius 1 is 0.975 bits per heavy atom. The van der Waals surface area contributed by atoms with E-state index in [4.69, 9.17) is 9.47 Å². The molecule has 6 rings (SSSR count). The molecule has 2 heterocycles. The minimum atomic E-state index is -4.37. The number of esters is 1. The van der Waals surface area contributed by atoms with Crippen molar-refractivity contribution in [1.82, 2.24) is 8.87 Å². The predicted octanol–water partition coefficient (Wildman–Crippen LogP) is 5.12. The number of methoxy groups -OCH3 is 2. The van der Waals surface area contributed by atoms with Gasteiger partial charge < -0.3 is 14.4 Å². The third-order valence-corrected chi connectivity index (χ3v) is 8.84. The van der Waals surface area contributed by atoms with E-state index >= 15 is 0 Å². The Morgan fingerprint density at radius 2 is 1.70 bits per heavy atom. The first-order chi connectivity index (χ1) is 19.2. The molecule has 202 valence electrons. The molecule has 40 heavy (non-hydrogen) atoms. The molecular weight excluding hydrogens is 535 g/mol. The summed E-state index contributed by atoms with van der Waals surface area (Å²) in [6, 6.07) is 20.2. The quantitative estimate of drug-likeness (QED) is 0.269. The Balaban J connectivity index is 1.70. The van der Waals surface area contributed by atoms with Crippen LogP contribution in [0, 0.1) is 5.82 Å². The van der Waals surface area contributed by atoms with E-state index in [-0.39, 0.29) is 33.9 Å². The van der Waals surface area contributed by atoms with Crippen molar-refractivity contribution in [3.63, 3.8) is 0 Å². The Morgan fingerprint density at radius 3 is 2.38 bits per heavy atom. The van der Waals surface area contributed by atoms with Gasteiger partial charge in [0.25, 0.3) is 15.9 Å². The molecule has 0 bridgehead atoms. The summed E-state index contributed by atoms with van der Waals surface area (Å²) in [5, 5.41) is 0.718. The number of rotatable bonds is 6. The third kappa shape index (κ3) is 3.91. The van der Waals surface area contributed by atoms with E-state index in [2.05, 4.69) is 0 Å². The highest BCUT2D eigenvalue weighted by atomic mass is 32.2. The van der Waals surface area contributed by atoms with Crippen LogP contribution < -0.4 is 4.74 Å². The number of carbonyl (C=O) groups is 2. The van der Waals surface area contributed by atoms with Gasteiger partial charge >= 0.3 is 5.97 Å². The number of nitrogens with zero attached hydrogens (tertiary/aromatic N) is 2. The lowest BCUT2D eigenvalue weighted by atomic mass is 9.98. The smallest absolute Gasteiger partial charge is 0.340 e. The van der Waals surface area contributed by atoms with Crippen LogP contribution in [0.4, 0.5) is 4.39 Å². The molecule has 0 saturated heterocycles. The molecule has 0 aliphatic carbocycles. The fourth-order valence-corrected chi connectivity index (χ4v) is 6.84. The zero-order valence-electron chi connectivity index (χ0n) is 21.5. The number of ether oxygens (including phenoxy) is 2. The zero-order valence-corrected chi connectivity index (χ0v) is 22.4. The van der Waals surface area contributed by atoms with Crippen molar-refractivity contribution >= 4 is 43.7 Å². The van der Waals surface area contributed by atoms with Gasteiger partial charge in [-0.2, -0.15) is 0 Å². The Hall–Kier alpha value is -4.70. The number of hydrogen-bond acceptors (Lipinski definition) is 6. The summed E-state index contributed by atoms with van der Waals surface area (Å²) in [5.74, 6) is -1.20. The highest BCUT2D eigenvalue weighted by Crippen LogP contribution is 2.42. The molecule has 0 fully saturated rings. The maximum absolute atomic E-state index is 14.1. The van der Waals surface area contributed by atoms with Crippen molar-refractivity contribution in [3.05, 3.63) is 107 Å². The number of halogens is 1. The molecule has 5 aromatic rings. The van der Waals surface area contributed by atoms with Crippen LogP contribution in [0.25, 0.3) is 21.8 Å². The fraction of sp³-hybridized carbons (Fsp3) is 0.133. The van der Waals surface area contributed by atoms with Crippen LogP contribution in [0.5, 0.6) is 5.75 Å². The first kappa shape index (κ1) is 25.6. The minimum Gasteiger partial charge on any atom is -0.497 e. The molecule has 0 spiro atoms. The second-order valence-electron chi connectivity index (χ2n) is 9.43. The van der Waals surface area contributed by atoms with Crippen LogP contribution in [0.3, 0.4) is 0 Å². The van der Waals surface area contributed by atoms with Crippen LogP contribution in [-0.4, -0.2) is 43.4 Å². The molecule has 1 aliphatic heterocycles. The van der Waals surface area contributed by atoms with E-state index in [1.165, 1.54) is 20.3 Å². The molecule has 4 aromatic carbocycles. The summed E-state index contributed by atoms with van der Waals surface area (Å²) >= 11 is 0. The van der Waals surface area contributed by atoms with Crippen LogP contribution in [0.2, 0.25) is 0 Å². The van der Waals surface area contributed by atoms with E-state index < -0.39 is 21.8 Å². The van der Waals surface area contributed by atoms with Gasteiger partial charge in [0.2, 0.25) is 0 Å². The molecule has 1 aliphatic rings. The maximum Gasteiger partial charge on any atom is 0.340 e. The van der Waals surface area contributed by atoms with Crippen molar-refractivity contribution in [2.75, 3.05) is 14.2 Å². The highest BCUT2D eigenvalue weighted by Gasteiger charge is 2.36. The SMILES string of the molecule is COC(=O)c1cc2c(c3c4cc(OC)ccc4n(S(=O)(=O)c4ccc(F)cc4)c13)C(=O)N(Cc1ccccc1)C2.